The third-order valence-corrected chi connectivity index (χ3v) is 3.07. The number of quaternary nitrogens is 1. The third-order valence-electron chi connectivity index (χ3n) is 3.07. The molecular formula is C12H11N4O2+. The number of aliphatic imine (C=N–C) groups is 1. The second-order valence-corrected chi connectivity index (χ2v) is 4.26. The van der Waals surface area contributed by atoms with Crippen molar-refractivity contribution in [2.75, 3.05) is 7.05 Å². The van der Waals surface area contributed by atoms with Crippen LogP contribution in [0.2, 0.25) is 0 Å². The lowest BCUT2D eigenvalue weighted by Gasteiger charge is -2.23. The molecule has 1 aromatic heterocycles. The Kier molecular flexibility index (Phi) is 2.08. The molecule has 2 N–H and O–H groups in total. The summed E-state index contributed by atoms with van der Waals surface area (Å²) < 4.78 is 0.176. The van der Waals surface area contributed by atoms with Gasteiger partial charge < -0.3 is 0 Å². The molecule has 1 aromatic carbocycles. The average molecular weight is 243 g/mol. The Balaban J connectivity index is 2.30. The molecule has 1 aliphatic heterocycles. The molecule has 0 bridgehead atoms. The maximum absolute atomic E-state index is 11.7. The number of aromatic amines is 2. The first-order chi connectivity index (χ1) is 8.61. The number of fused-ring (bicyclic) bond motifs is 1. The summed E-state index contributed by atoms with van der Waals surface area (Å²) >= 11 is 0. The summed E-state index contributed by atoms with van der Waals surface area (Å²) in [5.74, 6) is 0.481. The fourth-order valence-electron chi connectivity index (χ4n) is 2.09. The number of rotatable bonds is 1. The molecule has 0 fully saturated rings. The normalized spacial score (nSPS) is 20.9. The maximum Gasteiger partial charge on any atom is 0.330 e. The number of hydrogen-bond acceptors (Lipinski definition) is 3. The molecule has 0 saturated heterocycles. The van der Waals surface area contributed by atoms with Crippen molar-refractivity contribution in [3.05, 3.63) is 51.2 Å². The fourth-order valence-corrected chi connectivity index (χ4v) is 2.09. The van der Waals surface area contributed by atoms with Crippen LogP contribution in [0.5, 0.6) is 0 Å². The zero-order chi connectivity index (χ0) is 12.8. The van der Waals surface area contributed by atoms with Crippen LogP contribution in [0.3, 0.4) is 0 Å². The Morgan fingerprint density at radius 3 is 2.56 bits per heavy atom. The van der Waals surface area contributed by atoms with E-state index in [4.69, 9.17) is 0 Å². The van der Waals surface area contributed by atoms with Gasteiger partial charge in [-0.1, -0.05) is 18.2 Å². The standard InChI is InChI=1S/C12H10N4O2/c1-16(8-5-3-2-4-6-8)7-13-9-10(16)14-12(18)15-11(9)17/h2-7H,1H3,(H-,14,15,17,18)/p+1. The summed E-state index contributed by atoms with van der Waals surface area (Å²) in [6.07, 6.45) is 1.63. The molecule has 6 nitrogen and oxygen atoms in total. The van der Waals surface area contributed by atoms with Crippen molar-refractivity contribution >= 4 is 23.5 Å². The SMILES string of the molecule is C[N+]1(c2ccccc2)C=Nc2c1[nH]c(=O)[nH]c2=O. The molecule has 0 radical (unpaired) electrons. The van der Waals surface area contributed by atoms with Gasteiger partial charge in [-0.3, -0.25) is 14.8 Å². The van der Waals surface area contributed by atoms with Crippen LogP contribution in [0.1, 0.15) is 0 Å². The predicted octanol–water partition coefficient (Wildman–Crippen LogP) is 1.01. The van der Waals surface area contributed by atoms with Gasteiger partial charge in [0.25, 0.3) is 11.4 Å². The van der Waals surface area contributed by atoms with Crippen LogP contribution in [-0.2, 0) is 0 Å². The summed E-state index contributed by atoms with van der Waals surface area (Å²) in [5.41, 5.74) is 0.175. The number of aromatic nitrogens is 2. The highest BCUT2D eigenvalue weighted by atomic mass is 16.2. The van der Waals surface area contributed by atoms with Crippen molar-refractivity contribution in [3.8, 4) is 0 Å². The number of nitrogens with zero attached hydrogens (tertiary/aromatic N) is 2. The zero-order valence-electron chi connectivity index (χ0n) is 9.68. The maximum atomic E-state index is 11.7. The van der Waals surface area contributed by atoms with E-state index in [1.54, 1.807) is 6.34 Å². The van der Waals surface area contributed by atoms with Crippen LogP contribution in [0.4, 0.5) is 17.2 Å². The van der Waals surface area contributed by atoms with Crippen molar-refractivity contribution in [1.82, 2.24) is 14.5 Å². The van der Waals surface area contributed by atoms with Gasteiger partial charge in [-0.05, 0) is 0 Å². The van der Waals surface area contributed by atoms with Gasteiger partial charge in [0.15, 0.2) is 0 Å². The van der Waals surface area contributed by atoms with E-state index in [-0.39, 0.29) is 10.2 Å². The summed E-state index contributed by atoms with van der Waals surface area (Å²) in [7, 11) is 1.86. The topological polar surface area (TPSA) is 78.1 Å². The average Bonchev–Trinajstić information content (AvgIpc) is 2.70. The first-order valence-electron chi connectivity index (χ1n) is 5.45. The highest BCUT2D eigenvalue weighted by Gasteiger charge is 2.37. The number of H-pyrrole nitrogens is 2. The molecule has 0 amide bonds. The second-order valence-electron chi connectivity index (χ2n) is 4.26. The van der Waals surface area contributed by atoms with Crippen LogP contribution in [0.15, 0.2) is 44.9 Å². The van der Waals surface area contributed by atoms with Crippen LogP contribution in [0, 0.1) is 0 Å². The number of nitrogens with one attached hydrogen (secondary N) is 2. The van der Waals surface area contributed by atoms with Gasteiger partial charge in [-0.15, -0.1) is 0 Å². The summed E-state index contributed by atoms with van der Waals surface area (Å²) in [6, 6.07) is 9.54. The van der Waals surface area contributed by atoms with E-state index >= 15 is 0 Å². The minimum Gasteiger partial charge on any atom is -0.272 e. The lowest BCUT2D eigenvalue weighted by molar-refractivity contribution is 0.675. The van der Waals surface area contributed by atoms with Gasteiger partial charge in [0.1, 0.15) is 5.69 Å². The molecule has 1 aliphatic rings. The smallest absolute Gasteiger partial charge is 0.272 e. The van der Waals surface area contributed by atoms with Crippen LogP contribution in [0.25, 0.3) is 0 Å². The van der Waals surface area contributed by atoms with Crippen LogP contribution < -0.4 is 15.7 Å². The Bertz CT molecular complexity index is 745. The number of para-hydroxylation sites is 1. The molecule has 0 spiro atoms. The molecule has 3 rings (SSSR count). The lowest BCUT2D eigenvalue weighted by atomic mass is 10.2. The monoisotopic (exact) mass is 243 g/mol. The van der Waals surface area contributed by atoms with E-state index in [2.05, 4.69) is 15.0 Å². The molecule has 0 aliphatic carbocycles. The molecule has 2 heterocycles. The zero-order valence-corrected chi connectivity index (χ0v) is 9.68. The van der Waals surface area contributed by atoms with Gasteiger partial charge >= 0.3 is 5.69 Å². The second kappa shape index (κ2) is 3.51. The molecule has 6 heteroatoms. The summed E-state index contributed by atoms with van der Waals surface area (Å²) in [6.45, 7) is 0. The molecule has 1 unspecified atom stereocenters. The molecule has 90 valence electrons. The van der Waals surface area contributed by atoms with Crippen molar-refractivity contribution < 1.29 is 0 Å². The van der Waals surface area contributed by atoms with Crippen molar-refractivity contribution in [1.29, 1.82) is 0 Å². The minimum atomic E-state index is -0.524. The third kappa shape index (κ3) is 1.36. The van der Waals surface area contributed by atoms with Crippen molar-refractivity contribution in [2.45, 2.75) is 0 Å². The molecule has 1 atom stereocenters. The van der Waals surface area contributed by atoms with E-state index in [0.717, 1.165) is 5.69 Å². The van der Waals surface area contributed by atoms with E-state index < -0.39 is 11.2 Å². The first-order valence-corrected chi connectivity index (χ1v) is 5.45. The van der Waals surface area contributed by atoms with Gasteiger partial charge in [0.2, 0.25) is 12.0 Å². The van der Waals surface area contributed by atoms with Crippen molar-refractivity contribution in [3.63, 3.8) is 0 Å². The van der Waals surface area contributed by atoms with E-state index in [1.165, 1.54) is 0 Å². The number of benzene rings is 1. The highest BCUT2D eigenvalue weighted by molar-refractivity contribution is 5.91. The largest absolute Gasteiger partial charge is 0.330 e. The minimum absolute atomic E-state index is 0.176. The predicted molar refractivity (Wildman–Crippen MR) is 69.7 cm³/mol. The van der Waals surface area contributed by atoms with Crippen LogP contribution in [-0.4, -0.2) is 23.4 Å². The number of hydrogen-bond donors (Lipinski definition) is 2. The Morgan fingerprint density at radius 2 is 1.83 bits per heavy atom. The summed E-state index contributed by atoms with van der Waals surface area (Å²) in [4.78, 5) is 32.0. The van der Waals surface area contributed by atoms with Gasteiger partial charge in [-0.25, -0.2) is 9.28 Å². The Hall–Kier alpha value is -2.47. The van der Waals surface area contributed by atoms with Crippen LogP contribution >= 0.6 is 0 Å². The highest BCUT2D eigenvalue weighted by Crippen LogP contribution is 2.37. The van der Waals surface area contributed by atoms with E-state index in [0.29, 0.717) is 5.82 Å². The van der Waals surface area contributed by atoms with Gasteiger partial charge in [0, 0.05) is 12.1 Å². The molecular weight excluding hydrogens is 232 g/mol. The van der Waals surface area contributed by atoms with Crippen molar-refractivity contribution in [2.24, 2.45) is 4.99 Å². The molecule has 2 aromatic rings. The Labute approximate surface area is 102 Å². The van der Waals surface area contributed by atoms with Gasteiger partial charge in [0.05, 0.1) is 7.05 Å². The molecule has 18 heavy (non-hydrogen) atoms. The molecule has 0 saturated carbocycles. The van der Waals surface area contributed by atoms with Gasteiger partial charge in [-0.2, -0.15) is 4.99 Å². The first kappa shape index (κ1) is 10.7. The summed E-state index contributed by atoms with van der Waals surface area (Å²) in [5, 5.41) is 0. The quantitative estimate of drug-likeness (QED) is 0.733. The van der Waals surface area contributed by atoms with E-state index in [1.807, 2.05) is 37.4 Å². The fraction of sp³-hybridized carbons (Fsp3) is 0.0833. The van der Waals surface area contributed by atoms with E-state index in [9.17, 15) is 9.59 Å². The lowest BCUT2D eigenvalue weighted by Crippen LogP contribution is -2.38. The Morgan fingerprint density at radius 1 is 1.11 bits per heavy atom.